The van der Waals surface area contributed by atoms with Crippen molar-refractivity contribution in [1.82, 2.24) is 9.97 Å². The number of fused-ring (bicyclic) bond motifs is 1. The van der Waals surface area contributed by atoms with Crippen molar-refractivity contribution in [2.24, 2.45) is 0 Å². The maximum atomic E-state index is 13.7. The molecule has 0 saturated heterocycles. The molecular weight excluding hydrogens is 468 g/mol. The zero-order chi connectivity index (χ0) is 25.2. The maximum Gasteiger partial charge on any atom is 0.323 e. The molecule has 3 N–H and O–H groups in total. The molecule has 0 radical (unpaired) electrons. The van der Waals surface area contributed by atoms with Crippen LogP contribution in [0.2, 0.25) is 0 Å². The third-order valence-corrected chi connectivity index (χ3v) is 7.59. The number of anilines is 2. The molecule has 3 aromatic carbocycles. The van der Waals surface area contributed by atoms with E-state index in [1.165, 1.54) is 11.4 Å². The second kappa shape index (κ2) is 9.67. The van der Waals surface area contributed by atoms with Crippen molar-refractivity contribution in [1.29, 1.82) is 0 Å². The molecule has 9 nitrogen and oxygen atoms in total. The first-order valence-electron chi connectivity index (χ1n) is 10.9. The molecule has 1 heterocycles. The highest BCUT2D eigenvalue weighted by molar-refractivity contribution is 7.92. The third kappa shape index (κ3) is 5.22. The number of methoxy groups -OCH3 is 1. The van der Waals surface area contributed by atoms with Crippen LogP contribution in [0, 0.1) is 13.8 Å². The SMILES string of the molecule is COc1ccc(N(CCC(=O)Nc2ccc3[nH]c(=O)[nH]c3c2)S(=O)(=O)c2ccc(C)cc2C)cc1. The maximum absolute atomic E-state index is 13.7. The predicted molar refractivity (Wildman–Crippen MR) is 136 cm³/mol. The van der Waals surface area contributed by atoms with E-state index < -0.39 is 10.0 Å². The summed E-state index contributed by atoms with van der Waals surface area (Å²) in [6.45, 7) is 3.58. The Hall–Kier alpha value is -4.05. The van der Waals surface area contributed by atoms with Crippen LogP contribution in [-0.2, 0) is 14.8 Å². The Bertz CT molecular complexity index is 1540. The number of sulfonamides is 1. The molecule has 0 aliphatic rings. The second-order valence-corrected chi connectivity index (χ2v) is 10.0. The zero-order valence-electron chi connectivity index (χ0n) is 19.6. The Morgan fingerprint density at radius 3 is 2.37 bits per heavy atom. The van der Waals surface area contributed by atoms with Gasteiger partial charge in [0.1, 0.15) is 5.75 Å². The van der Waals surface area contributed by atoms with E-state index in [0.29, 0.717) is 33.7 Å². The highest BCUT2D eigenvalue weighted by Crippen LogP contribution is 2.28. The van der Waals surface area contributed by atoms with Crippen LogP contribution in [0.3, 0.4) is 0 Å². The second-order valence-electron chi connectivity index (χ2n) is 8.18. The lowest BCUT2D eigenvalue weighted by Crippen LogP contribution is -2.34. The number of amides is 1. The number of rotatable bonds is 8. The van der Waals surface area contributed by atoms with Gasteiger partial charge < -0.3 is 20.0 Å². The van der Waals surface area contributed by atoms with Crippen LogP contribution in [0.4, 0.5) is 11.4 Å². The number of carbonyl (C=O) groups is 1. The lowest BCUT2D eigenvalue weighted by Gasteiger charge is -2.25. The molecule has 0 spiro atoms. The number of carbonyl (C=O) groups excluding carboxylic acids is 1. The fraction of sp³-hybridized carbons (Fsp3) is 0.200. The smallest absolute Gasteiger partial charge is 0.323 e. The molecule has 0 saturated carbocycles. The Morgan fingerprint density at radius 1 is 0.971 bits per heavy atom. The summed E-state index contributed by atoms with van der Waals surface area (Å²) in [6.07, 6.45) is -0.0855. The number of benzene rings is 3. The number of nitrogens with one attached hydrogen (secondary N) is 3. The third-order valence-electron chi connectivity index (χ3n) is 5.60. The van der Waals surface area contributed by atoms with E-state index in [1.807, 2.05) is 13.0 Å². The van der Waals surface area contributed by atoms with E-state index in [2.05, 4.69) is 15.3 Å². The van der Waals surface area contributed by atoms with Crippen molar-refractivity contribution >= 4 is 38.3 Å². The molecule has 182 valence electrons. The van der Waals surface area contributed by atoms with Gasteiger partial charge in [-0.1, -0.05) is 17.7 Å². The van der Waals surface area contributed by atoms with E-state index in [1.54, 1.807) is 61.5 Å². The number of ether oxygens (including phenoxy) is 1. The molecule has 4 aromatic rings. The van der Waals surface area contributed by atoms with Gasteiger partial charge in [-0.15, -0.1) is 0 Å². The molecule has 0 unspecified atom stereocenters. The Balaban J connectivity index is 1.59. The number of aromatic amines is 2. The summed E-state index contributed by atoms with van der Waals surface area (Å²) >= 11 is 0. The first kappa shape index (κ1) is 24.1. The number of hydrogen-bond donors (Lipinski definition) is 3. The lowest BCUT2D eigenvalue weighted by atomic mass is 10.2. The van der Waals surface area contributed by atoms with Crippen molar-refractivity contribution in [2.75, 3.05) is 23.3 Å². The van der Waals surface area contributed by atoms with Gasteiger partial charge in [-0.3, -0.25) is 9.10 Å². The summed E-state index contributed by atoms with van der Waals surface area (Å²) in [7, 11) is -2.42. The number of H-pyrrole nitrogens is 2. The van der Waals surface area contributed by atoms with E-state index >= 15 is 0 Å². The molecule has 1 aromatic heterocycles. The Kier molecular flexibility index (Phi) is 6.65. The zero-order valence-corrected chi connectivity index (χ0v) is 20.4. The van der Waals surface area contributed by atoms with Gasteiger partial charge in [0.25, 0.3) is 10.0 Å². The summed E-state index contributed by atoms with van der Waals surface area (Å²) < 4.78 is 33.8. The van der Waals surface area contributed by atoms with Gasteiger partial charge in [-0.25, -0.2) is 13.2 Å². The highest BCUT2D eigenvalue weighted by atomic mass is 32.2. The molecule has 0 bridgehead atoms. The number of hydrogen-bond acceptors (Lipinski definition) is 5. The van der Waals surface area contributed by atoms with Crippen LogP contribution in [0.15, 0.2) is 70.4 Å². The predicted octanol–water partition coefficient (Wildman–Crippen LogP) is 3.71. The molecular formula is C25H26N4O5S. The normalized spacial score (nSPS) is 11.4. The van der Waals surface area contributed by atoms with Gasteiger partial charge in [-0.2, -0.15) is 0 Å². The van der Waals surface area contributed by atoms with Crippen molar-refractivity contribution in [3.63, 3.8) is 0 Å². The fourth-order valence-corrected chi connectivity index (χ4v) is 5.56. The molecule has 0 atom stereocenters. The van der Waals surface area contributed by atoms with Gasteiger partial charge >= 0.3 is 5.69 Å². The van der Waals surface area contributed by atoms with Gasteiger partial charge in [0.2, 0.25) is 5.91 Å². The van der Waals surface area contributed by atoms with Gasteiger partial charge in [0.15, 0.2) is 0 Å². The summed E-state index contributed by atoms with van der Waals surface area (Å²) in [6, 6.07) is 16.8. The molecule has 0 fully saturated rings. The summed E-state index contributed by atoms with van der Waals surface area (Å²) in [4.78, 5) is 29.7. The van der Waals surface area contributed by atoms with E-state index in [4.69, 9.17) is 4.74 Å². The number of nitrogens with zero attached hydrogens (tertiary/aromatic N) is 1. The summed E-state index contributed by atoms with van der Waals surface area (Å²) in [5, 5.41) is 2.76. The van der Waals surface area contributed by atoms with Crippen LogP contribution in [0.25, 0.3) is 11.0 Å². The minimum Gasteiger partial charge on any atom is -0.497 e. The molecule has 10 heteroatoms. The molecule has 1 amide bonds. The summed E-state index contributed by atoms with van der Waals surface area (Å²) in [5.74, 6) is 0.227. The molecule has 0 aliphatic carbocycles. The average Bonchev–Trinajstić information content (AvgIpc) is 3.18. The van der Waals surface area contributed by atoms with Crippen LogP contribution >= 0.6 is 0 Å². The first-order valence-corrected chi connectivity index (χ1v) is 12.4. The fourth-order valence-electron chi connectivity index (χ4n) is 3.88. The van der Waals surface area contributed by atoms with Crippen molar-refractivity contribution in [3.05, 3.63) is 82.3 Å². The highest BCUT2D eigenvalue weighted by Gasteiger charge is 2.27. The molecule has 0 aliphatic heterocycles. The Labute approximate surface area is 202 Å². The van der Waals surface area contributed by atoms with E-state index in [0.717, 1.165) is 5.56 Å². The molecule has 35 heavy (non-hydrogen) atoms. The number of aryl methyl sites for hydroxylation is 2. The van der Waals surface area contributed by atoms with Crippen LogP contribution < -0.4 is 20.0 Å². The van der Waals surface area contributed by atoms with Crippen molar-refractivity contribution < 1.29 is 17.9 Å². The average molecular weight is 495 g/mol. The quantitative estimate of drug-likeness (QED) is 0.344. The van der Waals surface area contributed by atoms with Crippen molar-refractivity contribution in [3.8, 4) is 5.75 Å². The van der Waals surface area contributed by atoms with Crippen molar-refractivity contribution in [2.45, 2.75) is 25.2 Å². The van der Waals surface area contributed by atoms with Gasteiger partial charge in [0, 0.05) is 18.7 Å². The minimum absolute atomic E-state index is 0.0724. The number of aromatic nitrogens is 2. The molecule has 4 rings (SSSR count). The summed E-state index contributed by atoms with van der Waals surface area (Å²) in [5.41, 5.74) is 3.34. The van der Waals surface area contributed by atoms with Crippen LogP contribution in [0.1, 0.15) is 17.5 Å². The standard InChI is InChI=1S/C25H26N4O5S/c1-16-4-11-23(17(2)14-16)35(32,33)29(19-6-8-20(34-3)9-7-19)13-12-24(30)26-18-5-10-21-22(15-18)28-25(31)27-21/h4-11,14-15H,12-13H2,1-3H3,(H,26,30)(H2,27,28,31). The van der Waals surface area contributed by atoms with E-state index in [-0.39, 0.29) is 29.5 Å². The van der Waals surface area contributed by atoms with E-state index in [9.17, 15) is 18.0 Å². The minimum atomic E-state index is -3.95. The largest absolute Gasteiger partial charge is 0.497 e. The monoisotopic (exact) mass is 494 g/mol. The lowest BCUT2D eigenvalue weighted by molar-refractivity contribution is -0.116. The van der Waals surface area contributed by atoms with Crippen LogP contribution in [-0.4, -0.2) is 37.9 Å². The number of imidazole rings is 1. The van der Waals surface area contributed by atoms with Gasteiger partial charge in [-0.05, 0) is 67.9 Å². The topological polar surface area (TPSA) is 124 Å². The van der Waals surface area contributed by atoms with Crippen LogP contribution in [0.5, 0.6) is 5.75 Å². The van der Waals surface area contributed by atoms with Gasteiger partial charge in [0.05, 0.1) is 28.7 Å². The Morgan fingerprint density at radius 2 is 1.69 bits per heavy atom. The first-order chi connectivity index (χ1) is 16.7.